The third-order valence-electron chi connectivity index (χ3n) is 4.79. The summed E-state index contributed by atoms with van der Waals surface area (Å²) < 4.78 is 7.02. The normalized spacial score (nSPS) is 16.7. The molecule has 144 valence electrons. The summed E-state index contributed by atoms with van der Waals surface area (Å²) >= 11 is 0. The molecular formula is C21H27N3O3. The van der Waals surface area contributed by atoms with Crippen LogP contribution in [0.3, 0.4) is 0 Å². The van der Waals surface area contributed by atoms with Crippen LogP contribution in [0, 0.1) is 5.41 Å². The molecule has 1 amide bonds. The van der Waals surface area contributed by atoms with Crippen LogP contribution in [0.4, 0.5) is 0 Å². The van der Waals surface area contributed by atoms with Crippen LogP contribution in [-0.2, 0) is 33.8 Å². The molecule has 1 aliphatic rings. The Morgan fingerprint density at radius 1 is 1.22 bits per heavy atom. The van der Waals surface area contributed by atoms with E-state index in [1.54, 1.807) is 11.2 Å². The van der Waals surface area contributed by atoms with Crippen LogP contribution in [0.5, 0.6) is 0 Å². The summed E-state index contributed by atoms with van der Waals surface area (Å²) in [6.45, 7) is 7.12. The molecule has 1 aromatic heterocycles. The van der Waals surface area contributed by atoms with E-state index in [1.807, 2.05) is 39.0 Å². The Hall–Kier alpha value is -2.63. The number of carbonyl (C=O) groups excluding carboxylic acids is 2. The van der Waals surface area contributed by atoms with Gasteiger partial charge in [0, 0.05) is 19.4 Å². The number of fused-ring (bicyclic) bond motifs is 1. The number of aromatic nitrogens is 2. The van der Waals surface area contributed by atoms with Crippen molar-refractivity contribution >= 4 is 11.9 Å². The van der Waals surface area contributed by atoms with Gasteiger partial charge in [-0.1, -0.05) is 51.1 Å². The first-order valence-electron chi connectivity index (χ1n) is 9.22. The van der Waals surface area contributed by atoms with Crippen molar-refractivity contribution in [2.24, 2.45) is 5.41 Å². The number of imidazole rings is 1. The van der Waals surface area contributed by atoms with Crippen molar-refractivity contribution in [1.29, 1.82) is 0 Å². The van der Waals surface area contributed by atoms with E-state index in [2.05, 4.69) is 21.7 Å². The molecule has 0 saturated carbocycles. The van der Waals surface area contributed by atoms with E-state index in [1.165, 1.54) is 12.7 Å². The van der Waals surface area contributed by atoms with Crippen LogP contribution in [0.1, 0.15) is 44.1 Å². The first-order valence-corrected chi connectivity index (χ1v) is 9.22. The summed E-state index contributed by atoms with van der Waals surface area (Å²) in [7, 11) is 1.36. The summed E-state index contributed by atoms with van der Waals surface area (Å²) in [4.78, 5) is 31.4. The highest BCUT2D eigenvalue weighted by Crippen LogP contribution is 2.28. The van der Waals surface area contributed by atoms with E-state index < -0.39 is 6.04 Å². The molecule has 0 unspecified atom stereocenters. The zero-order valence-electron chi connectivity index (χ0n) is 16.4. The van der Waals surface area contributed by atoms with Crippen LogP contribution in [0.2, 0.25) is 0 Å². The molecule has 6 nitrogen and oxygen atoms in total. The van der Waals surface area contributed by atoms with Gasteiger partial charge in [-0.2, -0.15) is 0 Å². The van der Waals surface area contributed by atoms with Gasteiger partial charge in [0.15, 0.2) is 0 Å². The predicted octanol–water partition coefficient (Wildman–Crippen LogP) is 2.79. The Balaban J connectivity index is 1.89. The molecule has 3 rings (SSSR count). The summed E-state index contributed by atoms with van der Waals surface area (Å²) in [5.41, 5.74) is 2.87. The van der Waals surface area contributed by atoms with E-state index in [-0.39, 0.29) is 17.3 Å². The lowest BCUT2D eigenvalue weighted by atomic mass is 9.90. The fourth-order valence-corrected chi connectivity index (χ4v) is 3.45. The van der Waals surface area contributed by atoms with Crippen molar-refractivity contribution < 1.29 is 14.3 Å². The van der Waals surface area contributed by atoms with E-state index in [9.17, 15) is 9.59 Å². The fraction of sp³-hybridized carbons (Fsp3) is 0.476. The Morgan fingerprint density at radius 3 is 2.56 bits per heavy atom. The maximum atomic E-state index is 12.9. The molecular weight excluding hydrogens is 342 g/mol. The van der Waals surface area contributed by atoms with Gasteiger partial charge in [-0.15, -0.1) is 0 Å². The van der Waals surface area contributed by atoms with Crippen molar-refractivity contribution in [2.75, 3.05) is 7.11 Å². The van der Waals surface area contributed by atoms with Crippen molar-refractivity contribution in [3.63, 3.8) is 0 Å². The molecule has 27 heavy (non-hydrogen) atoms. The van der Waals surface area contributed by atoms with Crippen LogP contribution < -0.4 is 0 Å². The molecule has 1 aromatic carbocycles. The number of hydrogen-bond acceptors (Lipinski definition) is 4. The van der Waals surface area contributed by atoms with Gasteiger partial charge in [-0.05, 0) is 11.0 Å². The second kappa shape index (κ2) is 7.55. The third kappa shape index (κ3) is 4.38. The number of rotatable bonds is 4. The van der Waals surface area contributed by atoms with Crippen LogP contribution >= 0.6 is 0 Å². The van der Waals surface area contributed by atoms with Gasteiger partial charge in [-0.3, -0.25) is 4.79 Å². The van der Waals surface area contributed by atoms with Crippen molar-refractivity contribution in [2.45, 2.75) is 52.7 Å². The van der Waals surface area contributed by atoms with E-state index in [4.69, 9.17) is 4.74 Å². The lowest BCUT2D eigenvalue weighted by Crippen LogP contribution is -2.50. The minimum absolute atomic E-state index is 0.0315. The molecule has 0 saturated heterocycles. The zero-order valence-corrected chi connectivity index (χ0v) is 16.4. The Morgan fingerprint density at radius 2 is 1.93 bits per heavy atom. The van der Waals surface area contributed by atoms with E-state index in [0.29, 0.717) is 25.9 Å². The van der Waals surface area contributed by atoms with E-state index >= 15 is 0 Å². The van der Waals surface area contributed by atoms with Crippen LogP contribution in [0.25, 0.3) is 0 Å². The standard InChI is InChI=1S/C21H27N3O3/c1-21(2,3)11-19(25)24-13-18-16(10-17(24)20(26)27-4)22-14-23(18)12-15-8-6-5-7-9-15/h5-9,14,17H,10-13H2,1-4H3/t17-/m0/s1. The maximum absolute atomic E-state index is 12.9. The van der Waals surface area contributed by atoms with Gasteiger partial charge < -0.3 is 14.2 Å². The first kappa shape index (κ1) is 19.1. The van der Waals surface area contributed by atoms with Crippen LogP contribution in [-0.4, -0.2) is 39.5 Å². The molecule has 2 heterocycles. The Labute approximate surface area is 160 Å². The van der Waals surface area contributed by atoms with Gasteiger partial charge in [-0.25, -0.2) is 9.78 Å². The number of nitrogens with zero attached hydrogens (tertiary/aromatic N) is 3. The third-order valence-corrected chi connectivity index (χ3v) is 4.79. The molecule has 0 fully saturated rings. The molecule has 0 N–H and O–H groups in total. The lowest BCUT2D eigenvalue weighted by molar-refractivity contribution is -0.154. The molecule has 0 radical (unpaired) electrons. The Bertz CT molecular complexity index is 821. The number of hydrogen-bond donors (Lipinski definition) is 0. The number of ether oxygens (including phenoxy) is 1. The maximum Gasteiger partial charge on any atom is 0.329 e. The number of carbonyl (C=O) groups is 2. The average molecular weight is 369 g/mol. The molecule has 0 spiro atoms. The van der Waals surface area contributed by atoms with Gasteiger partial charge >= 0.3 is 5.97 Å². The van der Waals surface area contributed by atoms with Crippen molar-refractivity contribution in [1.82, 2.24) is 14.5 Å². The fourth-order valence-electron chi connectivity index (χ4n) is 3.45. The molecule has 6 heteroatoms. The highest BCUT2D eigenvalue weighted by atomic mass is 16.5. The topological polar surface area (TPSA) is 64.4 Å². The quantitative estimate of drug-likeness (QED) is 0.778. The zero-order chi connectivity index (χ0) is 19.6. The Kier molecular flexibility index (Phi) is 5.35. The molecule has 0 aliphatic carbocycles. The molecule has 0 bridgehead atoms. The van der Waals surface area contributed by atoms with Crippen molar-refractivity contribution in [3.8, 4) is 0 Å². The SMILES string of the molecule is COC(=O)[C@@H]1Cc2ncn(Cc3ccccc3)c2CN1C(=O)CC(C)(C)C. The van der Waals surface area contributed by atoms with Crippen molar-refractivity contribution in [3.05, 3.63) is 53.6 Å². The summed E-state index contributed by atoms with van der Waals surface area (Å²) in [6, 6.07) is 9.51. The van der Waals surface area contributed by atoms with Gasteiger partial charge in [0.05, 0.1) is 31.4 Å². The molecule has 1 atom stereocenters. The first-order chi connectivity index (χ1) is 12.8. The predicted molar refractivity (Wildman–Crippen MR) is 102 cm³/mol. The molecule has 1 aliphatic heterocycles. The van der Waals surface area contributed by atoms with E-state index in [0.717, 1.165) is 11.4 Å². The van der Waals surface area contributed by atoms with Gasteiger partial charge in [0.1, 0.15) is 6.04 Å². The second-order valence-electron chi connectivity index (χ2n) is 8.25. The number of methoxy groups -OCH3 is 1. The van der Waals surface area contributed by atoms with Gasteiger partial charge in [0.2, 0.25) is 5.91 Å². The summed E-state index contributed by atoms with van der Waals surface area (Å²) in [5, 5.41) is 0. The smallest absolute Gasteiger partial charge is 0.329 e. The second-order valence-corrected chi connectivity index (χ2v) is 8.25. The number of amides is 1. The summed E-state index contributed by atoms with van der Waals surface area (Å²) in [5.74, 6) is -0.420. The summed E-state index contributed by atoms with van der Waals surface area (Å²) in [6.07, 6.45) is 2.56. The van der Waals surface area contributed by atoms with Gasteiger partial charge in [0.25, 0.3) is 0 Å². The highest BCUT2D eigenvalue weighted by Gasteiger charge is 2.38. The van der Waals surface area contributed by atoms with Crippen LogP contribution in [0.15, 0.2) is 36.7 Å². The minimum atomic E-state index is -0.613. The largest absolute Gasteiger partial charge is 0.467 e. The number of esters is 1. The monoisotopic (exact) mass is 369 g/mol. The average Bonchev–Trinajstić information content (AvgIpc) is 3.01. The minimum Gasteiger partial charge on any atom is -0.467 e. The lowest BCUT2D eigenvalue weighted by Gasteiger charge is -2.35. The highest BCUT2D eigenvalue weighted by molar-refractivity contribution is 5.85. The number of benzene rings is 1. The molecule has 2 aromatic rings.